The summed E-state index contributed by atoms with van der Waals surface area (Å²) in [4.78, 5) is 7.23. The molecule has 0 bridgehead atoms. The molecule has 4 nitrogen and oxygen atoms in total. The summed E-state index contributed by atoms with van der Waals surface area (Å²) in [6, 6.07) is 183. The van der Waals surface area contributed by atoms with E-state index in [4.69, 9.17) is 0 Å². The van der Waals surface area contributed by atoms with Crippen LogP contribution in [0.5, 0.6) is 0 Å². The average molecular weight is 1590 g/mol. The van der Waals surface area contributed by atoms with E-state index in [1.54, 1.807) is 0 Å². The van der Waals surface area contributed by atoms with Crippen molar-refractivity contribution in [2.24, 2.45) is 0 Å². The lowest BCUT2D eigenvalue weighted by atomic mass is 9.70. The Morgan fingerprint density at radius 2 is 0.368 bits per heavy atom. The zero-order valence-corrected chi connectivity index (χ0v) is 68.6. The fourth-order valence-electron chi connectivity index (χ4n) is 19.6. The van der Waals surface area contributed by atoms with Crippen molar-refractivity contribution in [1.29, 1.82) is 0 Å². The Labute approximate surface area is 729 Å². The summed E-state index contributed by atoms with van der Waals surface area (Å²) in [5.74, 6) is 0. The van der Waals surface area contributed by atoms with Crippen LogP contribution in [0.3, 0.4) is 0 Å². The number of anilines is 9. The van der Waals surface area contributed by atoms with Crippen molar-refractivity contribution in [2.45, 2.75) is 5.41 Å². The molecule has 1 spiro atoms. The number of benzene rings is 20. The molecular formula is C121H82N4. The molecule has 1 aromatic heterocycles. The third-order valence-corrected chi connectivity index (χ3v) is 25.7. The second kappa shape index (κ2) is 31.3. The second-order valence-electron chi connectivity index (χ2n) is 32.7. The van der Waals surface area contributed by atoms with E-state index < -0.39 is 5.41 Å². The van der Waals surface area contributed by atoms with Gasteiger partial charge in [0.05, 0.1) is 16.4 Å². The van der Waals surface area contributed by atoms with Gasteiger partial charge in [0.15, 0.2) is 0 Å². The summed E-state index contributed by atoms with van der Waals surface area (Å²) in [6.07, 6.45) is 0. The van der Waals surface area contributed by atoms with E-state index >= 15 is 0 Å². The Kier molecular flexibility index (Phi) is 18.5. The molecular weight excluding hydrogens is 1510 g/mol. The first kappa shape index (κ1) is 73.7. The van der Waals surface area contributed by atoms with E-state index in [1.165, 1.54) is 111 Å². The lowest BCUT2D eigenvalue weighted by molar-refractivity contribution is 0.793. The zero-order valence-electron chi connectivity index (χ0n) is 68.6. The number of rotatable bonds is 18. The summed E-state index contributed by atoms with van der Waals surface area (Å²) in [7, 11) is 0. The van der Waals surface area contributed by atoms with E-state index in [0.29, 0.717) is 0 Å². The fourth-order valence-corrected chi connectivity index (χ4v) is 19.6. The van der Waals surface area contributed by atoms with Crippen LogP contribution in [0, 0.1) is 0 Å². The summed E-state index contributed by atoms with van der Waals surface area (Å²) in [5.41, 5.74) is 41.4. The number of hydrogen-bond donors (Lipinski definition) is 0. The summed E-state index contributed by atoms with van der Waals surface area (Å²) < 4.78 is 2.37. The molecule has 0 saturated heterocycles. The average Bonchev–Trinajstić information content (AvgIpc) is 1.50. The van der Waals surface area contributed by atoms with Gasteiger partial charge in [-0.3, -0.25) is 0 Å². The molecule has 2 aliphatic carbocycles. The minimum Gasteiger partial charge on any atom is -0.311 e. The maximum absolute atomic E-state index is 2.51. The lowest BCUT2D eigenvalue weighted by Gasteiger charge is -2.33. The first-order valence-electron chi connectivity index (χ1n) is 43.1. The first-order chi connectivity index (χ1) is 61.9. The Balaban J connectivity index is 0.548. The van der Waals surface area contributed by atoms with Crippen LogP contribution >= 0.6 is 0 Å². The van der Waals surface area contributed by atoms with Crippen LogP contribution in [-0.4, -0.2) is 4.57 Å². The monoisotopic (exact) mass is 1590 g/mol. The Bertz CT molecular complexity index is 7440. The van der Waals surface area contributed by atoms with Crippen LogP contribution in [0.25, 0.3) is 139 Å². The molecule has 0 N–H and O–H groups in total. The molecule has 20 aromatic carbocycles. The molecule has 586 valence electrons. The summed E-state index contributed by atoms with van der Waals surface area (Å²) in [5, 5.41) is 2.52. The maximum Gasteiger partial charge on any atom is 0.0727 e. The SMILES string of the molecule is c1ccc(-c2ccc(-c3ccc(N(c4ccccc4)c4ccc5c(c4)C4(c6ccccc6-c6ccccc64)c4cc(N(c6ccc(-c7ccccc7)cc6)c6ccc(-c7ccc(-c8cccc(-c9ccc(N(c%10ccc(-c%11ccccc%11)cc%10)c%10ccc(-c%11ccc(-n%12c%13ccccc%13c%13ccccc%13%12)cc%11)cc%10)cc9)c8)cc7)cc6)ccc4-5)cc3)cc2)cc1. The third-order valence-electron chi connectivity index (χ3n) is 25.7. The standard InChI is InChI=1S/C121H82N4/c1-5-22-83(23-6-1)86-40-42-87(43-41-86)91-54-68-103(69-55-91)123(99-30-11-4-12-31-99)107-76-78-111-112-79-77-108(82-118(112)121(117(111)81-107)115-36-17-13-32-109(115)110-33-14-18-37-116(110)121)124(104-66-50-90(51-67-104)85-26-9-3-10-27-85)105-70-56-92(57-71-105)88-44-46-95(47-45-88)97-28-21-29-98(80-97)96-60-72-102(73-61-96)122(100-62-48-89(49-63-100)84-24-7-2-8-25-84)101-64-52-93(53-65-101)94-58-74-106(75-59-94)125-119-38-19-15-34-113(119)114-35-16-20-39-120(114)125/h1-82H. The molecule has 21 aromatic rings. The zero-order chi connectivity index (χ0) is 82.7. The van der Waals surface area contributed by atoms with Crippen LogP contribution in [0.4, 0.5) is 51.2 Å². The predicted molar refractivity (Wildman–Crippen MR) is 525 cm³/mol. The molecule has 1 heterocycles. The smallest absolute Gasteiger partial charge is 0.0727 e. The largest absolute Gasteiger partial charge is 0.311 e. The van der Waals surface area contributed by atoms with E-state index in [-0.39, 0.29) is 0 Å². The number of para-hydroxylation sites is 3. The van der Waals surface area contributed by atoms with Crippen LogP contribution in [0.1, 0.15) is 22.3 Å². The molecule has 0 unspecified atom stereocenters. The normalized spacial score (nSPS) is 12.1. The Hall–Kier alpha value is -16.4. The second-order valence-corrected chi connectivity index (χ2v) is 32.7. The molecule has 4 heteroatoms. The molecule has 0 amide bonds. The highest BCUT2D eigenvalue weighted by atomic mass is 15.2. The molecule has 0 fully saturated rings. The maximum atomic E-state index is 2.51. The molecule has 23 rings (SSSR count). The van der Waals surface area contributed by atoms with Crippen LogP contribution < -0.4 is 14.7 Å². The van der Waals surface area contributed by atoms with Gasteiger partial charge in [0.2, 0.25) is 0 Å². The van der Waals surface area contributed by atoms with Crippen molar-refractivity contribution in [3.63, 3.8) is 0 Å². The minimum absolute atomic E-state index is 0.655. The number of hydrogen-bond acceptors (Lipinski definition) is 3. The molecule has 0 radical (unpaired) electrons. The lowest BCUT2D eigenvalue weighted by Crippen LogP contribution is -2.26. The van der Waals surface area contributed by atoms with Gasteiger partial charge in [-0.15, -0.1) is 0 Å². The van der Waals surface area contributed by atoms with Crippen molar-refractivity contribution in [1.82, 2.24) is 4.57 Å². The van der Waals surface area contributed by atoms with Gasteiger partial charge in [0, 0.05) is 67.6 Å². The van der Waals surface area contributed by atoms with Gasteiger partial charge >= 0.3 is 0 Å². The highest BCUT2D eigenvalue weighted by molar-refractivity contribution is 6.09. The van der Waals surface area contributed by atoms with Crippen molar-refractivity contribution in [3.05, 3.63) is 520 Å². The molecule has 2 aliphatic rings. The topological polar surface area (TPSA) is 14.7 Å². The summed E-state index contributed by atoms with van der Waals surface area (Å²) >= 11 is 0. The van der Waals surface area contributed by atoms with Crippen molar-refractivity contribution < 1.29 is 0 Å². The van der Waals surface area contributed by atoms with Gasteiger partial charge in [0.1, 0.15) is 0 Å². The molecule has 0 aliphatic heterocycles. The number of aromatic nitrogens is 1. The highest BCUT2D eigenvalue weighted by Gasteiger charge is 2.52. The van der Waals surface area contributed by atoms with E-state index in [1.807, 2.05) is 0 Å². The van der Waals surface area contributed by atoms with Gasteiger partial charge in [-0.1, -0.05) is 358 Å². The van der Waals surface area contributed by atoms with Crippen molar-refractivity contribution in [2.75, 3.05) is 14.7 Å². The fraction of sp³-hybridized carbons (Fsp3) is 0.00826. The van der Waals surface area contributed by atoms with Gasteiger partial charge in [0.25, 0.3) is 0 Å². The van der Waals surface area contributed by atoms with Gasteiger partial charge in [-0.25, -0.2) is 0 Å². The van der Waals surface area contributed by atoms with Gasteiger partial charge in [-0.2, -0.15) is 0 Å². The third kappa shape index (κ3) is 13.2. The van der Waals surface area contributed by atoms with Crippen LogP contribution in [-0.2, 0) is 5.41 Å². The Morgan fingerprint density at radius 1 is 0.144 bits per heavy atom. The first-order valence-corrected chi connectivity index (χ1v) is 43.1. The van der Waals surface area contributed by atoms with E-state index in [2.05, 4.69) is 517 Å². The van der Waals surface area contributed by atoms with Gasteiger partial charge in [-0.05, 0) is 273 Å². The van der Waals surface area contributed by atoms with Crippen LogP contribution in [0.2, 0.25) is 0 Å². The van der Waals surface area contributed by atoms with Crippen molar-refractivity contribution in [3.8, 4) is 117 Å². The minimum atomic E-state index is -0.655. The molecule has 0 atom stereocenters. The highest BCUT2D eigenvalue weighted by Crippen LogP contribution is 2.64. The molecule has 125 heavy (non-hydrogen) atoms. The summed E-state index contributed by atoms with van der Waals surface area (Å²) in [6.45, 7) is 0. The van der Waals surface area contributed by atoms with E-state index in [0.717, 1.165) is 101 Å². The quantitative estimate of drug-likeness (QED) is 0.0851. The predicted octanol–water partition coefficient (Wildman–Crippen LogP) is 32.9. The molecule has 0 saturated carbocycles. The number of fused-ring (bicyclic) bond motifs is 13. The number of nitrogens with zero attached hydrogens (tertiary/aromatic N) is 4. The Morgan fingerprint density at radius 3 is 0.704 bits per heavy atom. The van der Waals surface area contributed by atoms with Crippen molar-refractivity contribution >= 4 is 73.0 Å². The van der Waals surface area contributed by atoms with E-state index in [9.17, 15) is 0 Å². The van der Waals surface area contributed by atoms with Crippen LogP contribution in [0.15, 0.2) is 497 Å². The van der Waals surface area contributed by atoms with Gasteiger partial charge < -0.3 is 19.3 Å².